The third-order valence-electron chi connectivity index (χ3n) is 2.80. The number of hydrogen-bond donors (Lipinski definition) is 1. The summed E-state index contributed by atoms with van der Waals surface area (Å²) in [6.45, 7) is 3.70. The number of aromatic nitrogens is 5. The van der Waals surface area contributed by atoms with E-state index in [4.69, 9.17) is 28.9 Å². The van der Waals surface area contributed by atoms with Crippen LogP contribution in [0.1, 0.15) is 19.5 Å². The standard InChI is InChI=1S/C11H10Cl2N6S/c1-11(2,14)7-4-19(18-15-7)10-6(13)3-5(12)8-9(10)17-20-16-8/h3-4H,14H2,1-2H3. The quantitative estimate of drug-likeness (QED) is 0.782. The van der Waals surface area contributed by atoms with E-state index in [9.17, 15) is 0 Å². The minimum atomic E-state index is -0.587. The molecule has 3 rings (SSSR count). The zero-order valence-electron chi connectivity index (χ0n) is 10.6. The van der Waals surface area contributed by atoms with Gasteiger partial charge in [-0.3, -0.25) is 0 Å². The first-order valence-corrected chi connectivity index (χ1v) is 7.19. The Kier molecular flexibility index (Phi) is 3.17. The molecule has 2 heterocycles. The summed E-state index contributed by atoms with van der Waals surface area (Å²) >= 11 is 13.4. The van der Waals surface area contributed by atoms with Crippen LogP contribution in [0.5, 0.6) is 0 Å². The molecule has 0 amide bonds. The number of benzene rings is 1. The highest BCUT2D eigenvalue weighted by Crippen LogP contribution is 2.33. The fraction of sp³-hybridized carbons (Fsp3) is 0.273. The SMILES string of the molecule is CC(C)(N)c1cn(-c2c(Cl)cc(Cl)c3nsnc23)nn1. The first kappa shape index (κ1) is 13.7. The van der Waals surface area contributed by atoms with E-state index < -0.39 is 5.54 Å². The maximum absolute atomic E-state index is 6.26. The molecule has 3 aromatic rings. The van der Waals surface area contributed by atoms with Gasteiger partial charge in [0.2, 0.25) is 0 Å². The van der Waals surface area contributed by atoms with Crippen molar-refractivity contribution in [2.45, 2.75) is 19.4 Å². The Bertz CT molecular complexity index is 788. The highest BCUT2D eigenvalue weighted by molar-refractivity contribution is 7.00. The van der Waals surface area contributed by atoms with E-state index >= 15 is 0 Å². The molecule has 0 atom stereocenters. The number of hydrogen-bond acceptors (Lipinski definition) is 6. The lowest BCUT2D eigenvalue weighted by molar-refractivity contribution is 0.533. The predicted octanol–water partition coefficient (Wildman–Crippen LogP) is 2.77. The molecule has 9 heteroatoms. The molecule has 0 saturated carbocycles. The average Bonchev–Trinajstić information content (AvgIpc) is 2.95. The van der Waals surface area contributed by atoms with Crippen LogP contribution in [-0.4, -0.2) is 23.7 Å². The van der Waals surface area contributed by atoms with Crippen molar-refractivity contribution in [1.29, 1.82) is 0 Å². The maximum atomic E-state index is 6.26. The van der Waals surface area contributed by atoms with Crippen LogP contribution in [0.2, 0.25) is 10.0 Å². The van der Waals surface area contributed by atoms with Gasteiger partial charge in [0.1, 0.15) is 22.4 Å². The van der Waals surface area contributed by atoms with Gasteiger partial charge in [-0.2, -0.15) is 8.75 Å². The van der Waals surface area contributed by atoms with Gasteiger partial charge in [0, 0.05) is 0 Å². The Labute approximate surface area is 128 Å². The molecule has 0 unspecified atom stereocenters. The van der Waals surface area contributed by atoms with Crippen molar-refractivity contribution in [2.75, 3.05) is 0 Å². The average molecular weight is 329 g/mol. The summed E-state index contributed by atoms with van der Waals surface area (Å²) in [5.74, 6) is 0. The summed E-state index contributed by atoms with van der Waals surface area (Å²) in [6, 6.07) is 1.62. The molecule has 0 aliphatic heterocycles. The molecule has 2 N–H and O–H groups in total. The minimum absolute atomic E-state index is 0.432. The normalized spacial score (nSPS) is 12.2. The van der Waals surface area contributed by atoms with Gasteiger partial charge in [-0.05, 0) is 19.9 Å². The first-order valence-electron chi connectivity index (χ1n) is 5.70. The van der Waals surface area contributed by atoms with Gasteiger partial charge in [-0.15, -0.1) is 5.10 Å². The zero-order valence-corrected chi connectivity index (χ0v) is 13.0. The van der Waals surface area contributed by atoms with Crippen LogP contribution in [0.4, 0.5) is 0 Å². The van der Waals surface area contributed by atoms with E-state index in [0.717, 1.165) is 11.7 Å². The Morgan fingerprint density at radius 3 is 2.55 bits per heavy atom. The molecule has 0 spiro atoms. The molecule has 0 aliphatic rings. The summed E-state index contributed by atoms with van der Waals surface area (Å²) < 4.78 is 9.93. The second-order valence-corrected chi connectivity index (χ2v) is 6.26. The van der Waals surface area contributed by atoms with Gasteiger partial charge in [0.25, 0.3) is 0 Å². The second kappa shape index (κ2) is 4.63. The van der Waals surface area contributed by atoms with Crippen LogP contribution in [0.3, 0.4) is 0 Å². The van der Waals surface area contributed by atoms with E-state index in [1.807, 2.05) is 13.8 Å². The van der Waals surface area contributed by atoms with Crippen LogP contribution in [0.25, 0.3) is 16.7 Å². The largest absolute Gasteiger partial charge is 0.320 e. The third kappa shape index (κ3) is 2.16. The molecule has 0 aliphatic carbocycles. The molecule has 0 bridgehead atoms. The summed E-state index contributed by atoms with van der Waals surface area (Å²) in [5, 5.41) is 9.03. The van der Waals surface area contributed by atoms with E-state index in [2.05, 4.69) is 19.1 Å². The molecule has 6 nitrogen and oxygen atoms in total. The van der Waals surface area contributed by atoms with Crippen molar-refractivity contribution >= 4 is 46.0 Å². The first-order chi connectivity index (χ1) is 9.38. The van der Waals surface area contributed by atoms with Crippen molar-refractivity contribution in [3.8, 4) is 5.69 Å². The maximum Gasteiger partial charge on any atom is 0.133 e. The van der Waals surface area contributed by atoms with Gasteiger partial charge < -0.3 is 5.73 Å². The van der Waals surface area contributed by atoms with Crippen LogP contribution in [-0.2, 0) is 5.54 Å². The fourth-order valence-corrected chi connectivity index (χ4v) is 2.94. The van der Waals surface area contributed by atoms with Crippen molar-refractivity contribution in [2.24, 2.45) is 5.73 Å². The molecule has 104 valence electrons. The van der Waals surface area contributed by atoms with Crippen molar-refractivity contribution in [3.05, 3.63) is 28.0 Å². The summed E-state index contributed by atoms with van der Waals surface area (Å²) in [6.07, 6.45) is 1.73. The van der Waals surface area contributed by atoms with Crippen LogP contribution < -0.4 is 5.73 Å². The van der Waals surface area contributed by atoms with E-state index in [1.165, 1.54) is 0 Å². The Morgan fingerprint density at radius 1 is 1.20 bits per heavy atom. The third-order valence-corrected chi connectivity index (χ3v) is 3.91. The highest BCUT2D eigenvalue weighted by Gasteiger charge is 2.21. The fourth-order valence-electron chi connectivity index (χ4n) is 1.75. The summed E-state index contributed by atoms with van der Waals surface area (Å²) in [4.78, 5) is 0. The lowest BCUT2D eigenvalue weighted by Crippen LogP contribution is -2.29. The molecule has 0 fully saturated rings. The van der Waals surface area contributed by atoms with Crippen LogP contribution in [0, 0.1) is 0 Å². The van der Waals surface area contributed by atoms with Gasteiger partial charge >= 0.3 is 0 Å². The molecular weight excluding hydrogens is 319 g/mol. The topological polar surface area (TPSA) is 82.5 Å². The summed E-state index contributed by atoms with van der Waals surface area (Å²) in [5.41, 5.74) is 7.87. The molecule has 20 heavy (non-hydrogen) atoms. The Balaban J connectivity index is 2.24. The Hall–Kier alpha value is -1.28. The molecule has 0 saturated heterocycles. The lowest BCUT2D eigenvalue weighted by atomic mass is 10.0. The zero-order chi connectivity index (χ0) is 14.5. The minimum Gasteiger partial charge on any atom is -0.320 e. The van der Waals surface area contributed by atoms with Gasteiger partial charge in [-0.25, -0.2) is 4.68 Å². The number of nitrogens with zero attached hydrogens (tertiary/aromatic N) is 5. The van der Waals surface area contributed by atoms with Crippen molar-refractivity contribution < 1.29 is 0 Å². The van der Waals surface area contributed by atoms with E-state index in [1.54, 1.807) is 16.9 Å². The lowest BCUT2D eigenvalue weighted by Gasteiger charge is -2.13. The van der Waals surface area contributed by atoms with E-state index in [-0.39, 0.29) is 0 Å². The molecule has 2 aromatic heterocycles. The monoisotopic (exact) mass is 328 g/mol. The second-order valence-electron chi connectivity index (χ2n) is 4.92. The number of halogens is 2. The predicted molar refractivity (Wildman–Crippen MR) is 79.6 cm³/mol. The molecule has 0 radical (unpaired) electrons. The van der Waals surface area contributed by atoms with Gasteiger partial charge in [0.05, 0.1) is 33.5 Å². The molecular formula is C11H10Cl2N6S. The van der Waals surface area contributed by atoms with Gasteiger partial charge in [0.15, 0.2) is 0 Å². The van der Waals surface area contributed by atoms with Crippen molar-refractivity contribution in [1.82, 2.24) is 23.7 Å². The molecule has 1 aromatic carbocycles. The van der Waals surface area contributed by atoms with Crippen molar-refractivity contribution in [3.63, 3.8) is 0 Å². The van der Waals surface area contributed by atoms with Crippen LogP contribution in [0.15, 0.2) is 12.3 Å². The van der Waals surface area contributed by atoms with E-state index in [0.29, 0.717) is 32.5 Å². The summed E-state index contributed by atoms with van der Waals surface area (Å²) in [7, 11) is 0. The number of nitrogens with two attached hydrogens (primary N) is 1. The van der Waals surface area contributed by atoms with Gasteiger partial charge in [-0.1, -0.05) is 28.4 Å². The number of rotatable bonds is 2. The smallest absolute Gasteiger partial charge is 0.133 e. The van der Waals surface area contributed by atoms with Crippen LogP contribution >= 0.6 is 34.9 Å². The highest BCUT2D eigenvalue weighted by atomic mass is 35.5. The Morgan fingerprint density at radius 2 is 1.90 bits per heavy atom. The number of fused-ring (bicyclic) bond motifs is 1.